The van der Waals surface area contributed by atoms with Gasteiger partial charge in [-0.15, -0.1) is 0 Å². The van der Waals surface area contributed by atoms with Crippen molar-refractivity contribution < 1.29 is 9.90 Å². The molecule has 15 heavy (non-hydrogen) atoms. The van der Waals surface area contributed by atoms with Crippen molar-refractivity contribution in [2.24, 2.45) is 23.7 Å². The first-order valence-electron chi connectivity index (χ1n) is 6.14. The first-order chi connectivity index (χ1) is 7.16. The molecule has 3 nitrogen and oxygen atoms in total. The summed E-state index contributed by atoms with van der Waals surface area (Å²) in [6.45, 7) is 1.99. The highest BCUT2D eigenvalue weighted by Gasteiger charge is 2.64. The minimum atomic E-state index is -0.691. The molecule has 0 aliphatic heterocycles. The second kappa shape index (κ2) is 3.21. The molecule has 3 aliphatic rings. The summed E-state index contributed by atoms with van der Waals surface area (Å²) in [4.78, 5) is 10.6. The predicted molar refractivity (Wildman–Crippen MR) is 56.4 cm³/mol. The Morgan fingerprint density at radius 3 is 2.53 bits per heavy atom. The molecule has 2 N–H and O–H groups in total. The van der Waals surface area contributed by atoms with E-state index in [1.54, 1.807) is 0 Å². The molecule has 0 spiro atoms. The highest BCUT2D eigenvalue weighted by molar-refractivity contribution is 5.67. The fraction of sp³-hybridized carbons (Fsp3) is 0.917. The van der Waals surface area contributed by atoms with Crippen molar-refractivity contribution in [1.29, 1.82) is 0 Å². The molecule has 0 radical (unpaired) electrons. The van der Waals surface area contributed by atoms with E-state index >= 15 is 0 Å². The predicted octanol–water partition coefficient (Wildman–Crippen LogP) is 1.48. The van der Waals surface area contributed by atoms with Gasteiger partial charge in [-0.25, -0.2) is 0 Å². The summed E-state index contributed by atoms with van der Waals surface area (Å²) in [5, 5.41) is 12.2. The Hall–Kier alpha value is -0.570. The highest BCUT2D eigenvalue weighted by Crippen LogP contribution is 2.65. The van der Waals surface area contributed by atoms with E-state index in [0.29, 0.717) is 6.04 Å². The van der Waals surface area contributed by atoms with Crippen molar-refractivity contribution in [2.75, 3.05) is 0 Å². The molecular formula is C12H19NO2. The van der Waals surface area contributed by atoms with Gasteiger partial charge >= 0.3 is 5.97 Å². The van der Waals surface area contributed by atoms with E-state index in [4.69, 9.17) is 5.11 Å². The standard InChI is InChI=1S/C12H19NO2/c1-6(4-9(14)15)13-12-10-7-2-3-8(5-7)11(10)12/h6-8,10-13H,2-5H2,1H3,(H,14,15). The quantitative estimate of drug-likeness (QED) is 0.737. The van der Waals surface area contributed by atoms with E-state index in [1.165, 1.54) is 19.3 Å². The lowest BCUT2D eigenvalue weighted by Crippen LogP contribution is -2.33. The Kier molecular flexibility index (Phi) is 2.06. The Bertz CT molecular complexity index is 275. The van der Waals surface area contributed by atoms with Gasteiger partial charge in [0.25, 0.3) is 0 Å². The molecule has 3 saturated carbocycles. The van der Waals surface area contributed by atoms with E-state index in [2.05, 4.69) is 5.32 Å². The number of nitrogens with one attached hydrogen (secondary N) is 1. The zero-order valence-corrected chi connectivity index (χ0v) is 9.15. The van der Waals surface area contributed by atoms with Gasteiger partial charge in [-0.1, -0.05) is 0 Å². The van der Waals surface area contributed by atoms with Gasteiger partial charge in [0.05, 0.1) is 6.42 Å². The van der Waals surface area contributed by atoms with Crippen LogP contribution in [0.25, 0.3) is 0 Å². The minimum absolute atomic E-state index is 0.137. The molecule has 5 unspecified atom stereocenters. The molecule has 0 aromatic heterocycles. The van der Waals surface area contributed by atoms with E-state index in [0.717, 1.165) is 23.7 Å². The van der Waals surface area contributed by atoms with Crippen molar-refractivity contribution in [3.05, 3.63) is 0 Å². The van der Waals surface area contributed by atoms with Crippen molar-refractivity contribution >= 4 is 5.97 Å². The lowest BCUT2D eigenvalue weighted by atomic mass is 10.0. The summed E-state index contributed by atoms with van der Waals surface area (Å²) >= 11 is 0. The molecular weight excluding hydrogens is 190 g/mol. The van der Waals surface area contributed by atoms with Gasteiger partial charge in [0.2, 0.25) is 0 Å². The lowest BCUT2D eigenvalue weighted by molar-refractivity contribution is -0.137. The van der Waals surface area contributed by atoms with Crippen LogP contribution in [0.1, 0.15) is 32.6 Å². The smallest absolute Gasteiger partial charge is 0.304 e. The average Bonchev–Trinajstić information content (AvgIpc) is 2.58. The van der Waals surface area contributed by atoms with Gasteiger partial charge in [0.15, 0.2) is 0 Å². The molecule has 3 heteroatoms. The third kappa shape index (κ3) is 1.48. The van der Waals surface area contributed by atoms with Crippen LogP contribution in [-0.2, 0) is 4.79 Å². The van der Waals surface area contributed by atoms with Crippen LogP contribution in [0, 0.1) is 23.7 Å². The fourth-order valence-electron chi connectivity index (χ4n) is 4.20. The topological polar surface area (TPSA) is 49.3 Å². The van der Waals surface area contributed by atoms with Crippen molar-refractivity contribution in [3.8, 4) is 0 Å². The zero-order chi connectivity index (χ0) is 10.6. The van der Waals surface area contributed by atoms with Crippen LogP contribution in [0.4, 0.5) is 0 Å². The number of carboxylic acids is 1. The highest BCUT2D eigenvalue weighted by atomic mass is 16.4. The molecule has 5 atom stereocenters. The molecule has 3 rings (SSSR count). The molecule has 0 heterocycles. The summed E-state index contributed by atoms with van der Waals surface area (Å²) < 4.78 is 0. The van der Waals surface area contributed by atoms with E-state index in [1.807, 2.05) is 6.92 Å². The van der Waals surface area contributed by atoms with Crippen LogP contribution in [0.5, 0.6) is 0 Å². The fourth-order valence-corrected chi connectivity index (χ4v) is 4.20. The maximum Gasteiger partial charge on any atom is 0.304 e. The number of fused-ring (bicyclic) bond motifs is 5. The molecule has 3 fully saturated rings. The van der Waals surface area contributed by atoms with Crippen LogP contribution < -0.4 is 5.32 Å². The van der Waals surface area contributed by atoms with E-state index in [9.17, 15) is 4.79 Å². The maximum atomic E-state index is 10.6. The maximum absolute atomic E-state index is 10.6. The van der Waals surface area contributed by atoms with Crippen molar-refractivity contribution in [3.63, 3.8) is 0 Å². The molecule has 0 aromatic carbocycles. The second-order valence-corrected chi connectivity index (χ2v) is 5.68. The molecule has 2 bridgehead atoms. The summed E-state index contributed by atoms with van der Waals surface area (Å²) in [6.07, 6.45) is 4.57. The van der Waals surface area contributed by atoms with Crippen LogP contribution in [-0.4, -0.2) is 23.2 Å². The van der Waals surface area contributed by atoms with Crippen LogP contribution >= 0.6 is 0 Å². The third-order valence-electron chi connectivity index (χ3n) is 4.69. The van der Waals surface area contributed by atoms with Crippen molar-refractivity contribution in [2.45, 2.75) is 44.7 Å². The van der Waals surface area contributed by atoms with Gasteiger partial charge in [-0.3, -0.25) is 4.79 Å². The molecule has 84 valence electrons. The first kappa shape index (κ1) is 9.64. The summed E-state index contributed by atoms with van der Waals surface area (Å²) in [5.41, 5.74) is 0. The van der Waals surface area contributed by atoms with Crippen LogP contribution in [0.3, 0.4) is 0 Å². The minimum Gasteiger partial charge on any atom is -0.481 e. The van der Waals surface area contributed by atoms with Gasteiger partial charge in [0, 0.05) is 12.1 Å². The zero-order valence-electron chi connectivity index (χ0n) is 9.15. The molecule has 3 aliphatic carbocycles. The van der Waals surface area contributed by atoms with Gasteiger partial charge in [-0.05, 0) is 49.9 Å². The normalized spacial score (nSPS) is 47.7. The lowest BCUT2D eigenvalue weighted by Gasteiger charge is -2.15. The Morgan fingerprint density at radius 2 is 2.00 bits per heavy atom. The number of hydrogen-bond acceptors (Lipinski definition) is 2. The number of hydrogen-bond donors (Lipinski definition) is 2. The van der Waals surface area contributed by atoms with Crippen LogP contribution in [0.2, 0.25) is 0 Å². The largest absolute Gasteiger partial charge is 0.481 e. The van der Waals surface area contributed by atoms with Gasteiger partial charge in [-0.2, -0.15) is 0 Å². The first-order valence-corrected chi connectivity index (χ1v) is 6.14. The van der Waals surface area contributed by atoms with Crippen molar-refractivity contribution in [1.82, 2.24) is 5.32 Å². The molecule has 0 saturated heterocycles. The summed E-state index contributed by atoms with van der Waals surface area (Å²) in [6, 6.07) is 0.795. The SMILES string of the molecule is CC(CC(=O)O)NC1C2C3CCC(C3)C12. The van der Waals surface area contributed by atoms with Gasteiger partial charge < -0.3 is 10.4 Å². The molecule has 0 aromatic rings. The average molecular weight is 209 g/mol. The monoisotopic (exact) mass is 209 g/mol. The Balaban J connectivity index is 1.53. The Morgan fingerprint density at radius 1 is 1.40 bits per heavy atom. The Labute approximate surface area is 90.2 Å². The number of carbonyl (C=O) groups is 1. The van der Waals surface area contributed by atoms with Crippen LogP contribution in [0.15, 0.2) is 0 Å². The summed E-state index contributed by atoms with van der Waals surface area (Å²) in [7, 11) is 0. The third-order valence-corrected chi connectivity index (χ3v) is 4.69. The van der Waals surface area contributed by atoms with Gasteiger partial charge in [0.1, 0.15) is 0 Å². The van der Waals surface area contributed by atoms with E-state index < -0.39 is 5.97 Å². The molecule has 0 amide bonds. The van der Waals surface area contributed by atoms with E-state index in [-0.39, 0.29) is 12.5 Å². The number of aliphatic carboxylic acids is 1. The number of rotatable bonds is 4. The summed E-state index contributed by atoms with van der Waals surface area (Å²) in [5.74, 6) is 3.05. The number of carboxylic acid groups (broad SMARTS) is 1. The second-order valence-electron chi connectivity index (χ2n) is 5.68.